The van der Waals surface area contributed by atoms with Crippen molar-refractivity contribution in [3.63, 3.8) is 0 Å². The predicted molar refractivity (Wildman–Crippen MR) is 80.6 cm³/mol. The van der Waals surface area contributed by atoms with Gasteiger partial charge in [0.2, 0.25) is 0 Å². The highest BCUT2D eigenvalue weighted by molar-refractivity contribution is 7.80. The highest BCUT2D eigenvalue weighted by atomic mass is 32.9. The Bertz CT molecular complexity index is 598. The van der Waals surface area contributed by atoms with Gasteiger partial charge in [0.05, 0.1) is 6.61 Å². The van der Waals surface area contributed by atoms with Gasteiger partial charge in [0, 0.05) is 4.88 Å². The van der Waals surface area contributed by atoms with Crippen molar-refractivity contribution in [2.75, 3.05) is 13.2 Å². The maximum atomic E-state index is 11.2. The number of rotatable bonds is 5. The highest BCUT2D eigenvalue weighted by Gasteiger charge is 2.04. The zero-order chi connectivity index (χ0) is 13.7. The smallest absolute Gasteiger partial charge is 0.344 e. The molecule has 0 radical (unpaired) electrons. The molecule has 0 spiro atoms. The van der Waals surface area contributed by atoms with Gasteiger partial charge < -0.3 is 9.47 Å². The first-order valence-electron chi connectivity index (χ1n) is 5.68. The number of benzene rings is 1. The Kier molecular flexibility index (Phi) is 5.07. The molecule has 6 heteroatoms. The third-order valence-corrected chi connectivity index (χ3v) is 5.17. The Morgan fingerprint density at radius 1 is 1.26 bits per heavy atom. The van der Waals surface area contributed by atoms with Crippen LogP contribution in [0.5, 0.6) is 5.75 Å². The Morgan fingerprint density at radius 2 is 2.00 bits per heavy atom. The van der Waals surface area contributed by atoms with E-state index in [1.54, 1.807) is 27.6 Å². The molecule has 0 N–H and O–H groups in total. The maximum Gasteiger partial charge on any atom is 0.344 e. The normalized spacial score (nSPS) is 10.2. The van der Waals surface area contributed by atoms with Crippen LogP contribution in [0.4, 0.5) is 0 Å². The third-order valence-electron chi connectivity index (χ3n) is 2.26. The summed E-state index contributed by atoms with van der Waals surface area (Å²) in [5.41, 5.74) is 1.10. The maximum absolute atomic E-state index is 11.2. The van der Waals surface area contributed by atoms with Gasteiger partial charge in [0.1, 0.15) is 9.57 Å². The third kappa shape index (κ3) is 4.12. The number of carbonyl (C=O) groups excluding carboxylic acids is 1. The highest BCUT2D eigenvalue weighted by Crippen LogP contribution is 2.30. The van der Waals surface area contributed by atoms with Crippen LogP contribution in [0.1, 0.15) is 6.92 Å². The second-order valence-electron chi connectivity index (χ2n) is 3.61. The lowest BCUT2D eigenvalue weighted by Crippen LogP contribution is -2.14. The van der Waals surface area contributed by atoms with Gasteiger partial charge in [-0.1, -0.05) is 32.9 Å². The molecule has 0 fully saturated rings. The first-order valence-corrected chi connectivity index (χ1v) is 8.24. The van der Waals surface area contributed by atoms with Gasteiger partial charge in [-0.3, -0.25) is 0 Å². The zero-order valence-corrected chi connectivity index (χ0v) is 12.7. The molecule has 0 unspecified atom stereocenters. The molecule has 1 aromatic carbocycles. The minimum atomic E-state index is -0.359. The molecule has 19 heavy (non-hydrogen) atoms. The van der Waals surface area contributed by atoms with Crippen molar-refractivity contribution in [3.8, 4) is 16.2 Å². The Morgan fingerprint density at radius 3 is 2.58 bits per heavy atom. The molecule has 2 aromatic rings. The van der Waals surface area contributed by atoms with Gasteiger partial charge in [-0.2, -0.15) is 0 Å². The van der Waals surface area contributed by atoms with E-state index in [2.05, 4.69) is 0 Å². The summed E-state index contributed by atoms with van der Waals surface area (Å²) in [7, 11) is 3.24. The standard InChI is InChI=1S/C13H12O3S3/c1-2-15-12(14)8-16-10-5-3-9(4-6-10)11-7-13(17)19-18-11/h3-7H,2,8H2,1H3. The van der Waals surface area contributed by atoms with Crippen LogP contribution in [-0.2, 0) is 9.53 Å². The molecule has 0 aliphatic rings. The molecular formula is C13H12O3S3. The summed E-state index contributed by atoms with van der Waals surface area (Å²) in [6, 6.07) is 9.56. The van der Waals surface area contributed by atoms with Crippen LogP contribution in [0.2, 0.25) is 0 Å². The minimum Gasteiger partial charge on any atom is -0.482 e. The van der Waals surface area contributed by atoms with Gasteiger partial charge in [0.25, 0.3) is 0 Å². The molecule has 0 amide bonds. The van der Waals surface area contributed by atoms with Gasteiger partial charge in [0.15, 0.2) is 6.61 Å². The van der Waals surface area contributed by atoms with Crippen molar-refractivity contribution in [1.82, 2.24) is 0 Å². The summed E-state index contributed by atoms with van der Waals surface area (Å²) >= 11 is 5.11. The largest absolute Gasteiger partial charge is 0.482 e. The Hall–Kier alpha value is -1.24. The molecule has 0 aliphatic carbocycles. The van der Waals surface area contributed by atoms with E-state index in [0.29, 0.717) is 12.4 Å². The summed E-state index contributed by atoms with van der Waals surface area (Å²) in [4.78, 5) is 12.3. The number of hydrogen-bond acceptors (Lipinski definition) is 6. The first-order chi connectivity index (χ1) is 9.19. The van der Waals surface area contributed by atoms with Gasteiger partial charge >= 0.3 is 5.97 Å². The summed E-state index contributed by atoms with van der Waals surface area (Å²) in [5, 5.41) is 0. The van der Waals surface area contributed by atoms with Crippen molar-refractivity contribution < 1.29 is 14.3 Å². The quantitative estimate of drug-likeness (QED) is 0.472. The fourth-order valence-corrected chi connectivity index (χ4v) is 3.84. The van der Waals surface area contributed by atoms with Crippen LogP contribution < -0.4 is 4.74 Å². The second-order valence-corrected chi connectivity index (χ2v) is 6.52. The van der Waals surface area contributed by atoms with Crippen LogP contribution in [-0.4, -0.2) is 19.2 Å². The molecule has 0 aliphatic heterocycles. The lowest BCUT2D eigenvalue weighted by Gasteiger charge is -2.06. The lowest BCUT2D eigenvalue weighted by atomic mass is 10.2. The van der Waals surface area contributed by atoms with E-state index in [1.807, 2.05) is 30.3 Å². The van der Waals surface area contributed by atoms with Crippen molar-refractivity contribution in [1.29, 1.82) is 0 Å². The Balaban J connectivity index is 1.99. The van der Waals surface area contributed by atoms with E-state index < -0.39 is 0 Å². The molecule has 100 valence electrons. The van der Waals surface area contributed by atoms with Gasteiger partial charge in [-0.15, -0.1) is 0 Å². The van der Waals surface area contributed by atoms with E-state index in [4.69, 9.17) is 21.7 Å². The molecule has 0 saturated heterocycles. The van der Waals surface area contributed by atoms with E-state index in [0.717, 1.165) is 14.3 Å². The number of ether oxygens (including phenoxy) is 2. The summed E-state index contributed by atoms with van der Waals surface area (Å²) in [5.74, 6) is 0.290. The average Bonchev–Trinajstić information content (AvgIpc) is 2.84. The van der Waals surface area contributed by atoms with Crippen molar-refractivity contribution in [2.45, 2.75) is 6.92 Å². The first kappa shape index (κ1) is 14.2. The van der Waals surface area contributed by atoms with Crippen LogP contribution in [0, 0.1) is 3.82 Å². The lowest BCUT2D eigenvalue weighted by molar-refractivity contribution is -0.145. The number of esters is 1. The average molecular weight is 312 g/mol. The second kappa shape index (κ2) is 6.79. The fraction of sp³-hybridized carbons (Fsp3) is 0.231. The number of hydrogen-bond donors (Lipinski definition) is 0. The van der Waals surface area contributed by atoms with Crippen molar-refractivity contribution in [3.05, 3.63) is 34.2 Å². The molecule has 1 aromatic heterocycles. The summed E-state index contributed by atoms with van der Waals surface area (Å²) in [6.45, 7) is 2.07. The van der Waals surface area contributed by atoms with Crippen LogP contribution in [0.3, 0.4) is 0 Å². The zero-order valence-electron chi connectivity index (χ0n) is 10.3. The molecule has 3 nitrogen and oxygen atoms in total. The van der Waals surface area contributed by atoms with Gasteiger partial charge in [-0.25, -0.2) is 4.79 Å². The van der Waals surface area contributed by atoms with Crippen molar-refractivity contribution >= 4 is 38.9 Å². The van der Waals surface area contributed by atoms with Crippen LogP contribution in [0.15, 0.2) is 30.3 Å². The predicted octanol–water partition coefficient (Wildman–Crippen LogP) is 4.15. The van der Waals surface area contributed by atoms with Gasteiger partial charge in [-0.05, 0) is 42.8 Å². The van der Waals surface area contributed by atoms with Crippen LogP contribution in [0.25, 0.3) is 10.4 Å². The van der Waals surface area contributed by atoms with Crippen LogP contribution >= 0.6 is 32.9 Å². The fourth-order valence-electron chi connectivity index (χ4n) is 1.43. The Labute approximate surface area is 123 Å². The van der Waals surface area contributed by atoms with E-state index in [-0.39, 0.29) is 12.6 Å². The monoisotopic (exact) mass is 312 g/mol. The van der Waals surface area contributed by atoms with E-state index >= 15 is 0 Å². The molecule has 0 atom stereocenters. The summed E-state index contributed by atoms with van der Waals surface area (Å²) < 4.78 is 11.0. The molecule has 1 heterocycles. The van der Waals surface area contributed by atoms with E-state index in [9.17, 15) is 4.79 Å². The molecule has 0 saturated carbocycles. The number of carbonyl (C=O) groups is 1. The topological polar surface area (TPSA) is 35.5 Å². The SMILES string of the molecule is CCOC(=O)COc1ccc(-c2cc(=S)ss2)cc1. The molecule has 0 bridgehead atoms. The van der Waals surface area contributed by atoms with Crippen molar-refractivity contribution in [2.24, 2.45) is 0 Å². The minimum absolute atomic E-state index is 0.0649. The van der Waals surface area contributed by atoms with E-state index in [1.165, 1.54) is 0 Å². The molecule has 2 rings (SSSR count). The molecular weight excluding hydrogens is 300 g/mol. The summed E-state index contributed by atoms with van der Waals surface area (Å²) in [6.07, 6.45) is 0.